The first-order valence-corrected chi connectivity index (χ1v) is 11.3. The first-order valence-electron chi connectivity index (χ1n) is 10.6. The molecule has 0 spiro atoms. The monoisotopic (exact) mass is 495 g/mol. The van der Waals surface area contributed by atoms with Gasteiger partial charge in [0.25, 0.3) is 5.56 Å². The number of urea groups is 1. The smallest absolute Gasteiger partial charge is 0.347 e. The Morgan fingerprint density at radius 3 is 2.56 bits per heavy atom. The van der Waals surface area contributed by atoms with Gasteiger partial charge in [0.05, 0.1) is 27.6 Å². The molecule has 0 radical (unpaired) electrons. The molecule has 2 heterocycles. The van der Waals surface area contributed by atoms with E-state index in [9.17, 15) is 9.59 Å². The Kier molecular flexibility index (Phi) is 5.85. The Morgan fingerprint density at radius 1 is 1.09 bits per heavy atom. The van der Waals surface area contributed by atoms with Crippen LogP contribution in [0.4, 0.5) is 10.5 Å². The second-order valence-corrected chi connectivity index (χ2v) is 8.87. The molecule has 3 aromatic rings. The summed E-state index contributed by atoms with van der Waals surface area (Å²) in [5, 5.41) is 14.5. The van der Waals surface area contributed by atoms with E-state index in [1.54, 1.807) is 6.07 Å². The Hall–Kier alpha value is -3.62. The van der Waals surface area contributed by atoms with Crippen LogP contribution in [0.15, 0.2) is 64.6 Å². The summed E-state index contributed by atoms with van der Waals surface area (Å²) in [5.41, 5.74) is 3.63. The van der Waals surface area contributed by atoms with Gasteiger partial charge in [-0.25, -0.2) is 9.89 Å². The largest absolute Gasteiger partial charge is 0.434 e. The number of halogens is 2. The number of aromatic nitrogens is 2. The number of fused-ring (bicyclic) bond motifs is 1. The fourth-order valence-electron chi connectivity index (χ4n) is 4.18. The quantitative estimate of drug-likeness (QED) is 0.521. The van der Waals surface area contributed by atoms with Gasteiger partial charge in [0.15, 0.2) is 5.75 Å². The van der Waals surface area contributed by atoms with Crippen molar-refractivity contribution in [1.82, 2.24) is 15.5 Å². The molecule has 8 nitrogen and oxygen atoms in total. The fourth-order valence-corrected chi connectivity index (χ4v) is 4.73. The molecule has 5 rings (SSSR count). The van der Waals surface area contributed by atoms with Crippen molar-refractivity contribution >= 4 is 41.1 Å². The fraction of sp³-hybridized carbons (Fsp3) is 0.167. The number of rotatable bonds is 4. The number of benzene rings is 2. The Bertz CT molecular complexity index is 1380. The Labute approximate surface area is 204 Å². The molecule has 2 N–H and O–H groups in total. The van der Waals surface area contributed by atoms with Crippen LogP contribution in [0.3, 0.4) is 0 Å². The van der Waals surface area contributed by atoms with Crippen molar-refractivity contribution in [3.8, 4) is 11.6 Å². The predicted octanol–water partition coefficient (Wildman–Crippen LogP) is 5.17. The number of carbonyl (C=O) groups is 1. The predicted molar refractivity (Wildman–Crippen MR) is 131 cm³/mol. The highest BCUT2D eigenvalue weighted by atomic mass is 35.5. The average molecular weight is 496 g/mol. The molecule has 10 heteroatoms. The number of amides is 2. The third kappa shape index (κ3) is 4.30. The van der Waals surface area contributed by atoms with Gasteiger partial charge in [-0.15, -0.1) is 5.10 Å². The molecular weight excluding hydrogens is 477 g/mol. The van der Waals surface area contributed by atoms with Gasteiger partial charge in [0, 0.05) is 11.6 Å². The zero-order chi connectivity index (χ0) is 23.8. The number of ether oxygens (including phenoxy) is 1. The van der Waals surface area contributed by atoms with Crippen molar-refractivity contribution in [1.29, 1.82) is 0 Å². The van der Waals surface area contributed by atoms with E-state index < -0.39 is 6.03 Å². The Morgan fingerprint density at radius 2 is 1.82 bits per heavy atom. The summed E-state index contributed by atoms with van der Waals surface area (Å²) >= 11 is 12.8. The second kappa shape index (κ2) is 8.96. The minimum Gasteiger partial charge on any atom is -0.434 e. The lowest BCUT2D eigenvalue weighted by molar-refractivity contribution is 0.248. The van der Waals surface area contributed by atoms with Crippen LogP contribution in [-0.4, -0.2) is 22.4 Å². The topological polar surface area (TPSA) is 99.7 Å². The van der Waals surface area contributed by atoms with Crippen LogP contribution in [-0.2, 0) is 12.8 Å². The number of nitrogens with zero attached hydrogens (tertiary/aromatic N) is 3. The highest BCUT2D eigenvalue weighted by Gasteiger charge is 2.25. The van der Waals surface area contributed by atoms with E-state index in [4.69, 9.17) is 27.9 Å². The Balaban J connectivity index is 1.41. The van der Waals surface area contributed by atoms with Crippen LogP contribution < -0.4 is 20.6 Å². The molecule has 0 bridgehead atoms. The normalized spacial score (nSPS) is 17.4. The number of nitrogens with one attached hydrogen (secondary N) is 2. The van der Waals surface area contributed by atoms with E-state index in [0.717, 1.165) is 24.3 Å². The molecule has 1 unspecified atom stereocenters. The maximum absolute atomic E-state index is 12.6. The zero-order valence-electron chi connectivity index (χ0n) is 17.8. The zero-order valence-corrected chi connectivity index (χ0v) is 19.4. The van der Waals surface area contributed by atoms with Crippen molar-refractivity contribution in [3.63, 3.8) is 0 Å². The van der Waals surface area contributed by atoms with E-state index >= 15 is 0 Å². The minimum absolute atomic E-state index is 0.0440. The molecule has 172 valence electrons. The van der Waals surface area contributed by atoms with Crippen molar-refractivity contribution in [3.05, 3.63) is 91.8 Å². The summed E-state index contributed by atoms with van der Waals surface area (Å²) in [4.78, 5) is 24.7. The summed E-state index contributed by atoms with van der Waals surface area (Å²) in [6, 6.07) is 12.4. The molecule has 0 saturated heterocycles. The summed E-state index contributed by atoms with van der Waals surface area (Å²) in [5.74, 6) is 0.356. The lowest BCUT2D eigenvalue weighted by atomic mass is 9.81. The minimum atomic E-state index is -0.491. The van der Waals surface area contributed by atoms with Crippen LogP contribution in [0.1, 0.15) is 29.0 Å². The third-order valence-corrected chi connectivity index (χ3v) is 6.38. The van der Waals surface area contributed by atoms with Gasteiger partial charge in [0.1, 0.15) is 0 Å². The number of hydrogen-bond acceptors (Lipinski definition) is 5. The molecule has 1 aliphatic heterocycles. The molecule has 2 aromatic carbocycles. The van der Waals surface area contributed by atoms with Crippen LogP contribution in [0.5, 0.6) is 11.6 Å². The van der Waals surface area contributed by atoms with Crippen LogP contribution in [0.25, 0.3) is 0 Å². The molecule has 2 amide bonds. The van der Waals surface area contributed by atoms with Crippen molar-refractivity contribution < 1.29 is 9.53 Å². The number of allylic oxidation sites excluding steroid dienone is 1. The lowest BCUT2D eigenvalue weighted by Crippen LogP contribution is -2.40. The van der Waals surface area contributed by atoms with Crippen LogP contribution >= 0.6 is 23.2 Å². The summed E-state index contributed by atoms with van der Waals surface area (Å²) in [7, 11) is 0. The van der Waals surface area contributed by atoms with Gasteiger partial charge in [-0.3, -0.25) is 4.79 Å². The van der Waals surface area contributed by atoms with E-state index in [0.29, 0.717) is 16.9 Å². The van der Waals surface area contributed by atoms with Gasteiger partial charge in [-0.1, -0.05) is 54.0 Å². The van der Waals surface area contributed by atoms with Crippen LogP contribution in [0, 0.1) is 0 Å². The molecule has 0 fully saturated rings. The summed E-state index contributed by atoms with van der Waals surface area (Å²) < 4.78 is 5.87. The number of aromatic amines is 1. The van der Waals surface area contributed by atoms with Gasteiger partial charge < -0.3 is 10.1 Å². The van der Waals surface area contributed by atoms with Crippen molar-refractivity contribution in [2.45, 2.75) is 25.2 Å². The van der Waals surface area contributed by atoms with E-state index in [2.05, 4.69) is 39.3 Å². The van der Waals surface area contributed by atoms with Crippen LogP contribution in [0.2, 0.25) is 10.0 Å². The second-order valence-electron chi connectivity index (χ2n) is 8.05. The maximum Gasteiger partial charge on any atom is 0.347 e. The molecular formula is C24H19Cl2N5O3. The molecule has 1 aromatic heterocycles. The highest BCUT2D eigenvalue weighted by Crippen LogP contribution is 2.40. The van der Waals surface area contributed by atoms with Gasteiger partial charge in [-0.2, -0.15) is 10.1 Å². The number of aryl methyl sites for hydroxylation is 1. The van der Waals surface area contributed by atoms with E-state index in [1.807, 2.05) is 12.1 Å². The van der Waals surface area contributed by atoms with Crippen molar-refractivity contribution in [2.75, 3.05) is 5.01 Å². The summed E-state index contributed by atoms with van der Waals surface area (Å²) in [6.45, 7) is 3.63. The molecule has 0 saturated carbocycles. The van der Waals surface area contributed by atoms with E-state index in [1.165, 1.54) is 29.5 Å². The van der Waals surface area contributed by atoms with Gasteiger partial charge in [0.2, 0.25) is 5.88 Å². The SMILES string of the molecule is C=C1C=NN(c2cc(Cl)c(Oc3cc(C4CCc5ccccc5C4)c(=O)[nH]n3)c(Cl)c2)C(=O)N1. The molecule has 34 heavy (non-hydrogen) atoms. The average Bonchev–Trinajstić information content (AvgIpc) is 2.82. The van der Waals surface area contributed by atoms with Gasteiger partial charge in [-0.05, 0) is 48.4 Å². The third-order valence-electron chi connectivity index (χ3n) is 5.82. The van der Waals surface area contributed by atoms with E-state index in [-0.39, 0.29) is 33.2 Å². The maximum atomic E-state index is 12.6. The van der Waals surface area contributed by atoms with Gasteiger partial charge >= 0.3 is 6.03 Å². The number of anilines is 1. The first-order chi connectivity index (χ1) is 16.4. The number of hydrogen-bond donors (Lipinski definition) is 2. The molecule has 1 atom stereocenters. The highest BCUT2D eigenvalue weighted by molar-refractivity contribution is 6.37. The number of carbonyl (C=O) groups excluding carboxylic acids is 1. The summed E-state index contributed by atoms with van der Waals surface area (Å²) in [6.07, 6.45) is 3.93. The molecule has 1 aliphatic carbocycles. The number of H-pyrrole nitrogens is 1. The lowest BCUT2D eigenvalue weighted by Gasteiger charge is -2.24. The first kappa shape index (κ1) is 22.2. The number of hydrazone groups is 1. The standard InChI is InChI=1S/C24H19Cl2N5O3/c1-13-12-27-31(24(33)28-13)17-9-19(25)22(20(26)10-17)34-21-11-18(23(32)30-29-21)16-7-6-14-4-2-3-5-15(14)8-16/h2-5,9-12,16H,1,6-8H2,(H,28,33)(H,30,32). The molecule has 2 aliphatic rings. The van der Waals surface area contributed by atoms with Crippen molar-refractivity contribution in [2.24, 2.45) is 5.10 Å².